The van der Waals surface area contributed by atoms with Gasteiger partial charge in [0.15, 0.2) is 0 Å². The molecule has 0 N–H and O–H groups in total. The first kappa shape index (κ1) is 15.6. The van der Waals surface area contributed by atoms with Gasteiger partial charge in [0.05, 0.1) is 12.1 Å². The number of carbonyl (C=O) groups is 1. The first-order valence-corrected chi connectivity index (χ1v) is 8.83. The molecule has 7 nitrogen and oxygen atoms in total. The van der Waals surface area contributed by atoms with E-state index in [1.165, 1.54) is 21.6 Å². The third-order valence-electron chi connectivity index (χ3n) is 2.88. The minimum atomic E-state index is -1.57. The van der Waals surface area contributed by atoms with Crippen LogP contribution in [0.5, 0.6) is 0 Å². The number of carbonyl (C=O) groups excluding carboxylic acids is 1. The first-order chi connectivity index (χ1) is 11.2. The molecule has 23 heavy (non-hydrogen) atoms. The average molecular weight is 347 g/mol. The van der Waals surface area contributed by atoms with Crippen molar-refractivity contribution in [1.29, 1.82) is 0 Å². The summed E-state index contributed by atoms with van der Waals surface area (Å²) in [5.74, 6) is 0. The predicted octanol–water partition coefficient (Wildman–Crippen LogP) is 2.13. The number of ether oxygens (including phenoxy) is 1. The number of hydrogen-bond donors (Lipinski definition) is 0. The predicted molar refractivity (Wildman–Crippen MR) is 85.6 cm³/mol. The molecule has 0 saturated heterocycles. The number of hydrogen-bond acceptors (Lipinski definition) is 8. The number of fused-ring (bicyclic) bond motifs is 1. The van der Waals surface area contributed by atoms with E-state index in [1.54, 1.807) is 10.9 Å². The van der Waals surface area contributed by atoms with Crippen molar-refractivity contribution in [2.45, 2.75) is 10.4 Å². The zero-order chi connectivity index (χ0) is 16.1. The van der Waals surface area contributed by atoms with Gasteiger partial charge in [0.25, 0.3) is 6.16 Å². The van der Waals surface area contributed by atoms with E-state index in [9.17, 15) is 9.90 Å². The minimum absolute atomic E-state index is 0.0970. The number of benzene rings is 1. The molecule has 0 aliphatic rings. The normalized spacial score (nSPS) is 12.2. The van der Waals surface area contributed by atoms with Gasteiger partial charge in [-0.25, -0.2) is 9.67 Å². The summed E-state index contributed by atoms with van der Waals surface area (Å²) in [4.78, 5) is 14.8. The van der Waals surface area contributed by atoms with E-state index in [1.807, 2.05) is 42.5 Å². The third-order valence-corrected chi connectivity index (χ3v) is 5.41. The number of rotatable bonds is 6. The Hall–Kier alpha value is -2.26. The molecular formula is C14H11N4O3S2-. The smallest absolute Gasteiger partial charge is 0.252 e. The molecule has 2 heterocycles. The lowest BCUT2D eigenvalue weighted by molar-refractivity contribution is -0.282. The Bertz CT molecular complexity index is 797. The molecule has 0 bridgehead atoms. The maximum Gasteiger partial charge on any atom is 0.252 e. The highest BCUT2D eigenvalue weighted by Gasteiger charge is 2.17. The van der Waals surface area contributed by atoms with Gasteiger partial charge in [-0.15, -0.1) is 5.10 Å². The Labute approximate surface area is 139 Å². The van der Waals surface area contributed by atoms with Crippen LogP contribution in [0.1, 0.15) is 5.37 Å². The Morgan fingerprint density at radius 3 is 2.87 bits per heavy atom. The molecule has 0 radical (unpaired) electrons. The summed E-state index contributed by atoms with van der Waals surface area (Å²) >= 11 is 0. The summed E-state index contributed by atoms with van der Waals surface area (Å²) in [6.45, 7) is -0.0970. The number of nitrogens with zero attached hydrogens (tertiary/aromatic N) is 4. The monoisotopic (exact) mass is 347 g/mol. The van der Waals surface area contributed by atoms with Crippen LogP contribution in [0.4, 0.5) is 4.79 Å². The molecule has 9 heteroatoms. The van der Waals surface area contributed by atoms with Gasteiger partial charge < -0.3 is 14.6 Å². The summed E-state index contributed by atoms with van der Waals surface area (Å²) in [6, 6.07) is 13.0. The van der Waals surface area contributed by atoms with E-state index in [4.69, 9.17) is 0 Å². The summed E-state index contributed by atoms with van der Waals surface area (Å²) < 4.78 is 6.27. The third kappa shape index (κ3) is 3.93. The van der Waals surface area contributed by atoms with Crippen LogP contribution in [-0.4, -0.2) is 32.7 Å². The van der Waals surface area contributed by atoms with Gasteiger partial charge in [0.2, 0.25) is 0 Å². The van der Waals surface area contributed by atoms with Crippen molar-refractivity contribution in [3.8, 4) is 0 Å². The van der Waals surface area contributed by atoms with Crippen molar-refractivity contribution in [2.24, 2.45) is 0 Å². The van der Waals surface area contributed by atoms with Crippen LogP contribution < -0.4 is 5.11 Å². The van der Waals surface area contributed by atoms with Crippen LogP contribution in [0.2, 0.25) is 0 Å². The van der Waals surface area contributed by atoms with Crippen LogP contribution in [-0.2, 0) is 4.74 Å². The van der Waals surface area contributed by atoms with Crippen LogP contribution in [0.3, 0.4) is 0 Å². The minimum Gasteiger partial charge on any atom is -0.546 e. The summed E-state index contributed by atoms with van der Waals surface area (Å²) in [5.41, 5.74) is 1.53. The van der Waals surface area contributed by atoms with Gasteiger partial charge in [-0.3, -0.25) is 0 Å². The lowest BCUT2D eigenvalue weighted by Gasteiger charge is -2.19. The Morgan fingerprint density at radius 2 is 2.09 bits per heavy atom. The van der Waals surface area contributed by atoms with E-state index < -0.39 is 11.5 Å². The van der Waals surface area contributed by atoms with E-state index in [0.717, 1.165) is 16.1 Å². The standard InChI is InChI=1S/C14H12N4O3S2/c19-14(20)21-9-13(23-22-12-7-3-4-8-15-12)18-11-6-2-1-5-10(11)16-17-18/h1-8,13H,9H2,(H,19,20)/p-1. The molecule has 1 aromatic carbocycles. The SMILES string of the molecule is O=C([O-])OCC(SSc1ccccn1)n1nnc2ccccc21. The summed E-state index contributed by atoms with van der Waals surface area (Å²) in [6.07, 6.45) is 0.128. The fraction of sp³-hybridized carbons (Fsp3) is 0.143. The van der Waals surface area contributed by atoms with E-state index in [0.29, 0.717) is 0 Å². The summed E-state index contributed by atoms with van der Waals surface area (Å²) in [5, 5.41) is 19.2. The number of para-hydroxylation sites is 1. The summed E-state index contributed by atoms with van der Waals surface area (Å²) in [7, 11) is 2.80. The van der Waals surface area contributed by atoms with Crippen molar-refractivity contribution < 1.29 is 14.6 Å². The first-order valence-electron chi connectivity index (χ1n) is 6.62. The maximum atomic E-state index is 10.6. The molecule has 0 amide bonds. The van der Waals surface area contributed by atoms with Gasteiger partial charge >= 0.3 is 0 Å². The highest BCUT2D eigenvalue weighted by atomic mass is 33.1. The Balaban J connectivity index is 1.81. The molecule has 2 aromatic heterocycles. The van der Waals surface area contributed by atoms with Gasteiger partial charge in [0, 0.05) is 6.20 Å². The van der Waals surface area contributed by atoms with E-state index in [-0.39, 0.29) is 6.61 Å². The Morgan fingerprint density at radius 1 is 1.26 bits per heavy atom. The van der Waals surface area contributed by atoms with Crippen molar-refractivity contribution in [3.05, 3.63) is 48.7 Å². The molecule has 3 aromatic rings. The number of pyridine rings is 1. The van der Waals surface area contributed by atoms with Crippen molar-refractivity contribution in [1.82, 2.24) is 20.0 Å². The molecular weight excluding hydrogens is 336 g/mol. The molecule has 1 atom stereocenters. The zero-order valence-corrected chi connectivity index (χ0v) is 13.4. The second kappa shape index (κ2) is 7.34. The fourth-order valence-corrected chi connectivity index (χ4v) is 4.02. The van der Waals surface area contributed by atoms with Gasteiger partial charge in [-0.1, -0.05) is 34.2 Å². The second-order valence-corrected chi connectivity index (χ2v) is 6.78. The van der Waals surface area contributed by atoms with Crippen molar-refractivity contribution >= 4 is 38.8 Å². The van der Waals surface area contributed by atoms with Crippen LogP contribution in [0.15, 0.2) is 53.7 Å². The zero-order valence-electron chi connectivity index (χ0n) is 11.7. The van der Waals surface area contributed by atoms with Gasteiger partial charge in [0.1, 0.15) is 15.9 Å². The quantitative estimate of drug-likeness (QED) is 0.494. The molecule has 3 rings (SSSR count). The van der Waals surface area contributed by atoms with Crippen molar-refractivity contribution in [3.63, 3.8) is 0 Å². The molecule has 0 spiro atoms. The highest BCUT2D eigenvalue weighted by Crippen LogP contribution is 2.39. The number of carboxylic acid groups (broad SMARTS) is 1. The van der Waals surface area contributed by atoms with Crippen LogP contribution in [0.25, 0.3) is 11.0 Å². The molecule has 0 aliphatic carbocycles. The van der Waals surface area contributed by atoms with Crippen LogP contribution >= 0.6 is 21.6 Å². The lowest BCUT2D eigenvalue weighted by atomic mass is 10.3. The molecule has 118 valence electrons. The fourth-order valence-electron chi connectivity index (χ4n) is 1.88. The Kier molecular flexibility index (Phi) is 4.99. The second-order valence-electron chi connectivity index (χ2n) is 4.39. The van der Waals surface area contributed by atoms with E-state index >= 15 is 0 Å². The van der Waals surface area contributed by atoms with Gasteiger partial charge in [-0.2, -0.15) is 0 Å². The molecule has 0 saturated carbocycles. The molecule has 0 fully saturated rings. The average Bonchev–Trinajstić information content (AvgIpc) is 3.00. The number of aromatic nitrogens is 4. The van der Waals surface area contributed by atoms with Crippen LogP contribution in [0, 0.1) is 0 Å². The highest BCUT2D eigenvalue weighted by molar-refractivity contribution is 8.76. The maximum absolute atomic E-state index is 10.6. The largest absolute Gasteiger partial charge is 0.546 e. The molecule has 0 aliphatic heterocycles. The van der Waals surface area contributed by atoms with Crippen molar-refractivity contribution in [2.75, 3.05) is 6.61 Å². The molecule has 1 unspecified atom stereocenters. The topological polar surface area (TPSA) is 93.0 Å². The van der Waals surface area contributed by atoms with Gasteiger partial charge in [-0.05, 0) is 35.1 Å². The lowest BCUT2D eigenvalue weighted by Crippen LogP contribution is -2.26. The van der Waals surface area contributed by atoms with E-state index in [2.05, 4.69) is 20.0 Å².